The van der Waals surface area contributed by atoms with Gasteiger partial charge in [0.2, 0.25) is 0 Å². The molecule has 2 aromatic rings. The van der Waals surface area contributed by atoms with Crippen molar-refractivity contribution in [1.82, 2.24) is 15.6 Å². The molecule has 0 bridgehead atoms. The van der Waals surface area contributed by atoms with Crippen molar-refractivity contribution in [3.63, 3.8) is 0 Å². The van der Waals surface area contributed by atoms with Gasteiger partial charge in [0.15, 0.2) is 5.96 Å². The predicted octanol–water partition coefficient (Wildman–Crippen LogP) is 1.58. The molecule has 0 unspecified atom stereocenters. The number of para-hydroxylation sites is 1. The summed E-state index contributed by atoms with van der Waals surface area (Å²) in [5.41, 5.74) is 2.09. The Balaban J connectivity index is 1.91. The summed E-state index contributed by atoms with van der Waals surface area (Å²) in [6, 6.07) is 12.3. The van der Waals surface area contributed by atoms with Crippen molar-refractivity contribution in [2.45, 2.75) is 6.42 Å². The van der Waals surface area contributed by atoms with E-state index in [1.165, 1.54) is 0 Å². The van der Waals surface area contributed by atoms with Gasteiger partial charge in [-0.1, -0.05) is 30.2 Å². The van der Waals surface area contributed by atoms with Gasteiger partial charge < -0.3 is 10.6 Å². The molecule has 0 amide bonds. The molecule has 0 aliphatic rings. The molecular formula is C16H18N4. The van der Waals surface area contributed by atoms with Gasteiger partial charge in [-0.15, -0.1) is 6.42 Å². The molecule has 4 heteroatoms. The fourth-order valence-corrected chi connectivity index (χ4v) is 1.91. The van der Waals surface area contributed by atoms with Gasteiger partial charge in [0.25, 0.3) is 0 Å². The molecular weight excluding hydrogens is 248 g/mol. The normalized spacial score (nSPS) is 11.1. The molecule has 102 valence electrons. The van der Waals surface area contributed by atoms with Crippen LogP contribution in [-0.2, 0) is 6.42 Å². The third-order valence-electron chi connectivity index (χ3n) is 2.91. The second-order valence-corrected chi connectivity index (χ2v) is 4.30. The SMILES string of the molecule is C#CCNC(=NC)NCCc1ccc2ccccc2n1. The minimum absolute atomic E-state index is 0.466. The zero-order valence-corrected chi connectivity index (χ0v) is 11.6. The first-order valence-corrected chi connectivity index (χ1v) is 6.56. The van der Waals surface area contributed by atoms with Crippen molar-refractivity contribution >= 4 is 16.9 Å². The van der Waals surface area contributed by atoms with Crippen molar-refractivity contribution in [3.05, 3.63) is 42.1 Å². The largest absolute Gasteiger partial charge is 0.356 e. The van der Waals surface area contributed by atoms with E-state index in [1.807, 2.05) is 18.2 Å². The van der Waals surface area contributed by atoms with E-state index < -0.39 is 0 Å². The van der Waals surface area contributed by atoms with E-state index in [4.69, 9.17) is 6.42 Å². The summed E-state index contributed by atoms with van der Waals surface area (Å²) in [6.45, 7) is 1.23. The van der Waals surface area contributed by atoms with E-state index in [-0.39, 0.29) is 0 Å². The quantitative estimate of drug-likeness (QED) is 0.502. The molecule has 4 nitrogen and oxygen atoms in total. The zero-order chi connectivity index (χ0) is 14.2. The topological polar surface area (TPSA) is 49.3 Å². The summed E-state index contributed by atoms with van der Waals surface area (Å²) in [4.78, 5) is 8.71. The number of aromatic nitrogens is 1. The Morgan fingerprint density at radius 1 is 1.25 bits per heavy atom. The molecule has 0 atom stereocenters. The molecule has 0 aliphatic heterocycles. The van der Waals surface area contributed by atoms with Crippen LogP contribution in [-0.4, -0.2) is 31.1 Å². The van der Waals surface area contributed by atoms with Crippen LogP contribution in [0.15, 0.2) is 41.4 Å². The van der Waals surface area contributed by atoms with Gasteiger partial charge >= 0.3 is 0 Å². The lowest BCUT2D eigenvalue weighted by molar-refractivity contribution is 0.811. The van der Waals surface area contributed by atoms with Crippen LogP contribution in [0.4, 0.5) is 0 Å². The Hall–Kier alpha value is -2.54. The third-order valence-corrected chi connectivity index (χ3v) is 2.91. The summed E-state index contributed by atoms with van der Waals surface area (Å²) >= 11 is 0. The number of aliphatic imine (C=N–C) groups is 1. The van der Waals surface area contributed by atoms with Crippen LogP contribution in [0.3, 0.4) is 0 Å². The second kappa shape index (κ2) is 7.15. The lowest BCUT2D eigenvalue weighted by Crippen LogP contribution is -2.38. The van der Waals surface area contributed by atoms with Gasteiger partial charge in [-0.05, 0) is 12.1 Å². The molecule has 0 saturated heterocycles. The van der Waals surface area contributed by atoms with Crippen molar-refractivity contribution in [3.8, 4) is 12.3 Å². The number of terminal acetylenes is 1. The highest BCUT2D eigenvalue weighted by molar-refractivity contribution is 5.80. The molecule has 20 heavy (non-hydrogen) atoms. The monoisotopic (exact) mass is 266 g/mol. The van der Waals surface area contributed by atoms with Crippen molar-refractivity contribution in [2.24, 2.45) is 4.99 Å². The minimum atomic E-state index is 0.466. The summed E-state index contributed by atoms with van der Waals surface area (Å²) in [7, 11) is 1.72. The van der Waals surface area contributed by atoms with Crippen LogP contribution in [0.1, 0.15) is 5.69 Å². The summed E-state index contributed by atoms with van der Waals surface area (Å²) in [6.07, 6.45) is 6.03. The first kappa shape index (κ1) is 13.9. The second-order valence-electron chi connectivity index (χ2n) is 4.30. The average Bonchev–Trinajstić information content (AvgIpc) is 2.50. The maximum absolute atomic E-state index is 5.20. The maximum atomic E-state index is 5.20. The van der Waals surface area contributed by atoms with Crippen LogP contribution < -0.4 is 10.6 Å². The standard InChI is InChI=1S/C16H18N4/c1-3-11-18-16(17-2)19-12-10-14-9-8-13-6-4-5-7-15(13)20-14/h1,4-9H,10-12H2,2H3,(H2,17,18,19). The van der Waals surface area contributed by atoms with E-state index in [2.05, 4.69) is 44.7 Å². The number of benzene rings is 1. The lowest BCUT2D eigenvalue weighted by atomic mass is 10.2. The number of hydrogen-bond acceptors (Lipinski definition) is 2. The molecule has 0 radical (unpaired) electrons. The molecule has 0 aliphatic carbocycles. The Kier molecular flexibility index (Phi) is 4.96. The van der Waals surface area contributed by atoms with Gasteiger partial charge in [0.05, 0.1) is 12.1 Å². The van der Waals surface area contributed by atoms with Crippen molar-refractivity contribution < 1.29 is 0 Å². The summed E-state index contributed by atoms with van der Waals surface area (Å²) in [5, 5.41) is 7.38. The van der Waals surface area contributed by atoms with E-state index in [9.17, 15) is 0 Å². The number of nitrogens with one attached hydrogen (secondary N) is 2. The molecule has 1 aromatic heterocycles. The highest BCUT2D eigenvalue weighted by atomic mass is 15.2. The first-order valence-electron chi connectivity index (χ1n) is 6.56. The predicted molar refractivity (Wildman–Crippen MR) is 83.6 cm³/mol. The third kappa shape index (κ3) is 3.72. The minimum Gasteiger partial charge on any atom is -0.356 e. The van der Waals surface area contributed by atoms with Gasteiger partial charge in [-0.2, -0.15) is 0 Å². The number of fused-ring (bicyclic) bond motifs is 1. The summed E-state index contributed by atoms with van der Waals surface area (Å²) in [5.74, 6) is 3.23. The first-order chi connectivity index (χ1) is 9.83. The van der Waals surface area contributed by atoms with Crippen LogP contribution in [0.5, 0.6) is 0 Å². The maximum Gasteiger partial charge on any atom is 0.191 e. The average molecular weight is 266 g/mol. The van der Waals surface area contributed by atoms with Gasteiger partial charge in [0.1, 0.15) is 0 Å². The molecule has 1 aromatic carbocycles. The molecule has 1 heterocycles. The van der Waals surface area contributed by atoms with E-state index in [0.717, 1.165) is 29.6 Å². The molecule has 2 N–H and O–H groups in total. The Bertz CT molecular complexity index is 640. The fraction of sp³-hybridized carbons (Fsp3) is 0.250. The number of hydrogen-bond donors (Lipinski definition) is 2. The Morgan fingerprint density at radius 3 is 2.90 bits per heavy atom. The van der Waals surface area contributed by atoms with Crippen LogP contribution in [0.25, 0.3) is 10.9 Å². The van der Waals surface area contributed by atoms with E-state index in [0.29, 0.717) is 12.5 Å². The van der Waals surface area contributed by atoms with Gasteiger partial charge in [-0.25, -0.2) is 0 Å². The summed E-state index contributed by atoms with van der Waals surface area (Å²) < 4.78 is 0. The lowest BCUT2D eigenvalue weighted by Gasteiger charge is -2.09. The number of nitrogens with zero attached hydrogens (tertiary/aromatic N) is 2. The van der Waals surface area contributed by atoms with E-state index in [1.54, 1.807) is 7.05 Å². The zero-order valence-electron chi connectivity index (χ0n) is 11.6. The van der Waals surface area contributed by atoms with Crippen molar-refractivity contribution in [2.75, 3.05) is 20.1 Å². The molecule has 0 fully saturated rings. The van der Waals surface area contributed by atoms with Crippen LogP contribution >= 0.6 is 0 Å². The Morgan fingerprint density at radius 2 is 2.10 bits per heavy atom. The fourth-order valence-electron chi connectivity index (χ4n) is 1.91. The number of pyridine rings is 1. The highest BCUT2D eigenvalue weighted by Crippen LogP contribution is 2.11. The Labute approximate surface area is 119 Å². The van der Waals surface area contributed by atoms with Crippen LogP contribution in [0, 0.1) is 12.3 Å². The number of rotatable bonds is 4. The number of guanidine groups is 1. The molecule has 2 rings (SSSR count). The highest BCUT2D eigenvalue weighted by Gasteiger charge is 1.99. The molecule has 0 saturated carbocycles. The van der Waals surface area contributed by atoms with Crippen LogP contribution in [0.2, 0.25) is 0 Å². The van der Waals surface area contributed by atoms with Gasteiger partial charge in [0, 0.05) is 31.1 Å². The molecule has 0 spiro atoms. The van der Waals surface area contributed by atoms with Gasteiger partial charge in [-0.3, -0.25) is 9.98 Å². The van der Waals surface area contributed by atoms with Crippen molar-refractivity contribution in [1.29, 1.82) is 0 Å². The van der Waals surface area contributed by atoms with E-state index >= 15 is 0 Å². The smallest absolute Gasteiger partial charge is 0.191 e.